The highest BCUT2D eigenvalue weighted by molar-refractivity contribution is 5.76. The minimum Gasteiger partial charge on any atom is -0.348 e. The number of nitriles is 1. The number of amides is 1. The second-order valence-corrected chi connectivity index (χ2v) is 5.92. The van der Waals surface area contributed by atoms with Gasteiger partial charge in [0.25, 0.3) is 0 Å². The minimum absolute atomic E-state index is 0.0468. The smallest absolute Gasteiger partial charge is 0.240 e. The number of nitrogens with zero attached hydrogens (tertiary/aromatic N) is 4. The molecule has 1 atom stereocenters. The lowest BCUT2D eigenvalue weighted by Crippen LogP contribution is -2.30. The molecule has 1 unspecified atom stereocenters. The number of aromatic nitrogens is 3. The van der Waals surface area contributed by atoms with Crippen LogP contribution in [0.25, 0.3) is 0 Å². The van der Waals surface area contributed by atoms with Crippen molar-refractivity contribution >= 4 is 5.91 Å². The molecule has 1 N–H and O–H groups in total. The molecule has 0 saturated carbocycles. The predicted molar refractivity (Wildman–Crippen MR) is 84.4 cm³/mol. The fraction of sp³-hybridized carbons (Fsp3) is 0.412. The Bertz CT molecular complexity index is 759. The normalized spacial score (nSPS) is 14.6. The average molecular weight is 309 g/mol. The molecule has 0 spiro atoms. The molecule has 6 nitrogen and oxygen atoms in total. The standard InChI is InChI=1S/C17H19N5O/c1-12(14-7-6-13-4-2-3-5-15(13)8-14)20-17(23)10-22-11-19-21-16(22)9-18/h6-8,11-12H,2-5,10H2,1H3,(H,20,23). The highest BCUT2D eigenvalue weighted by Crippen LogP contribution is 2.24. The van der Waals surface area contributed by atoms with Gasteiger partial charge in [-0.3, -0.25) is 9.36 Å². The van der Waals surface area contributed by atoms with Crippen molar-refractivity contribution < 1.29 is 4.79 Å². The summed E-state index contributed by atoms with van der Waals surface area (Å²) in [6, 6.07) is 8.32. The molecule has 1 aromatic carbocycles. The van der Waals surface area contributed by atoms with Crippen LogP contribution in [0.1, 0.15) is 48.3 Å². The van der Waals surface area contributed by atoms with E-state index in [0.29, 0.717) is 0 Å². The Labute approximate surface area is 135 Å². The van der Waals surface area contributed by atoms with Gasteiger partial charge < -0.3 is 5.32 Å². The highest BCUT2D eigenvalue weighted by Gasteiger charge is 2.15. The van der Waals surface area contributed by atoms with Crippen molar-refractivity contribution in [3.63, 3.8) is 0 Å². The molecule has 118 valence electrons. The third-order valence-corrected chi connectivity index (χ3v) is 4.28. The molecule has 0 aliphatic heterocycles. The second-order valence-electron chi connectivity index (χ2n) is 5.92. The Kier molecular flexibility index (Phi) is 4.38. The zero-order chi connectivity index (χ0) is 16.2. The van der Waals surface area contributed by atoms with Gasteiger partial charge >= 0.3 is 0 Å². The number of benzene rings is 1. The monoisotopic (exact) mass is 309 g/mol. The van der Waals surface area contributed by atoms with Crippen molar-refractivity contribution in [3.05, 3.63) is 47.0 Å². The minimum atomic E-state index is -0.161. The number of hydrogen-bond acceptors (Lipinski definition) is 4. The molecule has 2 aromatic rings. The molecule has 1 aliphatic rings. The van der Waals surface area contributed by atoms with Crippen LogP contribution in [-0.4, -0.2) is 20.7 Å². The van der Waals surface area contributed by atoms with Crippen LogP contribution in [0.5, 0.6) is 0 Å². The molecule has 6 heteroatoms. The van der Waals surface area contributed by atoms with Crippen LogP contribution in [0.15, 0.2) is 24.5 Å². The maximum Gasteiger partial charge on any atom is 0.240 e. The predicted octanol–water partition coefficient (Wildman–Crippen LogP) is 1.91. The first kappa shape index (κ1) is 15.2. The van der Waals surface area contributed by atoms with E-state index in [2.05, 4.69) is 33.7 Å². The van der Waals surface area contributed by atoms with Crippen LogP contribution in [0.2, 0.25) is 0 Å². The Morgan fingerprint density at radius 3 is 2.96 bits per heavy atom. The Balaban J connectivity index is 1.66. The van der Waals surface area contributed by atoms with E-state index in [1.54, 1.807) is 0 Å². The molecule has 0 saturated heterocycles. The summed E-state index contributed by atoms with van der Waals surface area (Å²) in [4.78, 5) is 12.2. The molecule has 1 aliphatic carbocycles. The van der Waals surface area contributed by atoms with E-state index in [4.69, 9.17) is 5.26 Å². The molecule has 0 bridgehead atoms. The fourth-order valence-corrected chi connectivity index (χ4v) is 3.01. The third-order valence-electron chi connectivity index (χ3n) is 4.28. The number of hydrogen-bond donors (Lipinski definition) is 1. The van der Waals surface area contributed by atoms with Gasteiger partial charge in [0.05, 0.1) is 6.04 Å². The number of carbonyl (C=O) groups excluding carboxylic acids is 1. The highest BCUT2D eigenvalue weighted by atomic mass is 16.2. The summed E-state index contributed by atoms with van der Waals surface area (Å²) < 4.78 is 1.44. The van der Waals surface area contributed by atoms with Crippen LogP contribution in [-0.2, 0) is 24.2 Å². The lowest BCUT2D eigenvalue weighted by molar-refractivity contribution is -0.122. The van der Waals surface area contributed by atoms with Gasteiger partial charge in [-0.15, -0.1) is 10.2 Å². The number of aryl methyl sites for hydroxylation is 2. The number of rotatable bonds is 4. The van der Waals surface area contributed by atoms with E-state index >= 15 is 0 Å². The van der Waals surface area contributed by atoms with E-state index < -0.39 is 0 Å². The van der Waals surface area contributed by atoms with Crippen molar-refractivity contribution in [1.29, 1.82) is 5.26 Å². The first-order valence-electron chi connectivity index (χ1n) is 7.86. The van der Waals surface area contributed by atoms with Crippen LogP contribution in [0.4, 0.5) is 0 Å². The summed E-state index contributed by atoms with van der Waals surface area (Å²) in [5.74, 6) is -0.0203. The Morgan fingerprint density at radius 1 is 1.39 bits per heavy atom. The quantitative estimate of drug-likeness (QED) is 0.935. The first-order valence-corrected chi connectivity index (χ1v) is 7.86. The van der Waals surface area contributed by atoms with E-state index in [-0.39, 0.29) is 24.3 Å². The van der Waals surface area contributed by atoms with E-state index in [9.17, 15) is 4.79 Å². The van der Waals surface area contributed by atoms with E-state index in [0.717, 1.165) is 18.4 Å². The van der Waals surface area contributed by atoms with Crippen LogP contribution < -0.4 is 5.32 Å². The average Bonchev–Trinajstić information content (AvgIpc) is 3.01. The summed E-state index contributed by atoms with van der Waals surface area (Å²) in [7, 11) is 0. The van der Waals surface area contributed by atoms with Gasteiger partial charge in [0, 0.05) is 0 Å². The van der Waals surface area contributed by atoms with Gasteiger partial charge in [0.2, 0.25) is 11.7 Å². The van der Waals surface area contributed by atoms with Gasteiger partial charge in [-0.1, -0.05) is 18.2 Å². The van der Waals surface area contributed by atoms with Crippen LogP contribution >= 0.6 is 0 Å². The lowest BCUT2D eigenvalue weighted by Gasteiger charge is -2.20. The molecule has 3 rings (SSSR count). The second kappa shape index (κ2) is 6.61. The van der Waals surface area contributed by atoms with Crippen LogP contribution in [0.3, 0.4) is 0 Å². The van der Waals surface area contributed by atoms with E-state index in [1.807, 2.05) is 13.0 Å². The molecule has 1 amide bonds. The summed E-state index contributed by atoms with van der Waals surface area (Å²) in [6.45, 7) is 2.02. The zero-order valence-electron chi connectivity index (χ0n) is 13.1. The van der Waals surface area contributed by atoms with Crippen molar-refractivity contribution in [2.75, 3.05) is 0 Å². The van der Waals surface area contributed by atoms with Crippen LogP contribution in [0, 0.1) is 11.3 Å². The number of nitrogens with one attached hydrogen (secondary N) is 1. The van der Waals surface area contributed by atoms with Gasteiger partial charge in [-0.25, -0.2) is 0 Å². The van der Waals surface area contributed by atoms with Crippen molar-refractivity contribution in [3.8, 4) is 6.07 Å². The Morgan fingerprint density at radius 2 is 2.17 bits per heavy atom. The lowest BCUT2D eigenvalue weighted by atomic mass is 9.89. The van der Waals surface area contributed by atoms with Gasteiger partial charge in [-0.2, -0.15) is 5.26 Å². The number of fused-ring (bicyclic) bond motifs is 1. The first-order chi connectivity index (χ1) is 11.2. The maximum atomic E-state index is 12.2. The Hall–Kier alpha value is -2.68. The molecular formula is C17H19N5O. The van der Waals surface area contributed by atoms with Gasteiger partial charge in [-0.05, 0) is 49.3 Å². The maximum absolute atomic E-state index is 12.2. The fourth-order valence-electron chi connectivity index (χ4n) is 3.01. The molecular weight excluding hydrogens is 290 g/mol. The van der Waals surface area contributed by atoms with E-state index in [1.165, 1.54) is 34.9 Å². The molecule has 23 heavy (non-hydrogen) atoms. The number of carbonyl (C=O) groups is 1. The zero-order valence-corrected chi connectivity index (χ0v) is 13.1. The third kappa shape index (κ3) is 3.39. The van der Waals surface area contributed by atoms with Gasteiger partial charge in [0.15, 0.2) is 0 Å². The van der Waals surface area contributed by atoms with Gasteiger partial charge in [0.1, 0.15) is 18.9 Å². The molecule has 1 heterocycles. The summed E-state index contributed by atoms with van der Waals surface area (Å²) >= 11 is 0. The summed E-state index contributed by atoms with van der Waals surface area (Å²) in [6.07, 6.45) is 6.17. The summed E-state index contributed by atoms with van der Waals surface area (Å²) in [5.41, 5.74) is 3.95. The molecule has 1 aromatic heterocycles. The topological polar surface area (TPSA) is 83.6 Å². The summed E-state index contributed by atoms with van der Waals surface area (Å²) in [5, 5.41) is 19.1. The molecule has 0 radical (unpaired) electrons. The van der Waals surface area contributed by atoms with Crippen molar-refractivity contribution in [2.24, 2.45) is 0 Å². The SMILES string of the molecule is CC(NC(=O)Cn1cnnc1C#N)c1ccc2c(c1)CCCC2. The largest absolute Gasteiger partial charge is 0.348 e. The van der Waals surface area contributed by atoms with Crippen molar-refractivity contribution in [1.82, 2.24) is 20.1 Å². The molecule has 0 fully saturated rings. The van der Waals surface area contributed by atoms with Crippen molar-refractivity contribution in [2.45, 2.75) is 45.2 Å².